The molecule has 0 aromatic carbocycles. The maximum atomic E-state index is 11.3. The van der Waals surface area contributed by atoms with Gasteiger partial charge >= 0.3 is 0 Å². The molecule has 94 valence electrons. The molecular formula is C13H26N2O. The average molecular weight is 226 g/mol. The Balaban J connectivity index is 2.53. The molecule has 3 nitrogen and oxygen atoms in total. The number of carbonyl (C=O) groups excluding carboxylic acids is 1. The van der Waals surface area contributed by atoms with Crippen LogP contribution in [0, 0.1) is 5.41 Å². The van der Waals surface area contributed by atoms with Crippen molar-refractivity contribution in [3.63, 3.8) is 0 Å². The molecule has 1 aliphatic rings. The van der Waals surface area contributed by atoms with E-state index in [2.05, 4.69) is 19.2 Å². The third-order valence-corrected chi connectivity index (χ3v) is 3.76. The van der Waals surface area contributed by atoms with Crippen LogP contribution in [0.1, 0.15) is 59.8 Å². The van der Waals surface area contributed by atoms with Crippen LogP contribution in [-0.2, 0) is 4.79 Å². The Morgan fingerprint density at radius 1 is 1.31 bits per heavy atom. The van der Waals surface area contributed by atoms with Gasteiger partial charge in [-0.15, -0.1) is 0 Å². The van der Waals surface area contributed by atoms with Crippen molar-refractivity contribution in [3.8, 4) is 0 Å². The molecular weight excluding hydrogens is 200 g/mol. The third kappa shape index (κ3) is 3.78. The first kappa shape index (κ1) is 13.5. The number of primary amides is 1. The number of nitrogens with one attached hydrogen (secondary N) is 1. The van der Waals surface area contributed by atoms with Crippen molar-refractivity contribution in [2.45, 2.75) is 71.4 Å². The Kier molecular flexibility index (Phi) is 4.00. The van der Waals surface area contributed by atoms with E-state index in [4.69, 9.17) is 5.73 Å². The molecule has 0 heterocycles. The summed E-state index contributed by atoms with van der Waals surface area (Å²) < 4.78 is 0. The van der Waals surface area contributed by atoms with E-state index >= 15 is 0 Å². The molecule has 0 saturated heterocycles. The highest BCUT2D eigenvalue weighted by molar-refractivity contribution is 5.83. The van der Waals surface area contributed by atoms with Gasteiger partial charge in [0.05, 0.1) is 5.54 Å². The van der Waals surface area contributed by atoms with E-state index in [9.17, 15) is 4.79 Å². The van der Waals surface area contributed by atoms with E-state index in [1.807, 2.05) is 13.8 Å². The highest BCUT2D eigenvalue weighted by Gasteiger charge is 2.30. The largest absolute Gasteiger partial charge is 0.368 e. The van der Waals surface area contributed by atoms with Gasteiger partial charge in [0.15, 0.2) is 0 Å². The Morgan fingerprint density at radius 3 is 2.50 bits per heavy atom. The van der Waals surface area contributed by atoms with Crippen LogP contribution >= 0.6 is 0 Å². The molecule has 0 spiro atoms. The number of hydrogen-bond acceptors (Lipinski definition) is 2. The van der Waals surface area contributed by atoms with Crippen LogP contribution in [0.4, 0.5) is 0 Å². The Labute approximate surface area is 99.2 Å². The number of rotatable bonds is 3. The van der Waals surface area contributed by atoms with Crippen LogP contribution in [-0.4, -0.2) is 17.5 Å². The van der Waals surface area contributed by atoms with Crippen molar-refractivity contribution >= 4 is 5.91 Å². The number of amides is 1. The van der Waals surface area contributed by atoms with Gasteiger partial charge in [0.1, 0.15) is 0 Å². The van der Waals surface area contributed by atoms with Gasteiger partial charge in [0.2, 0.25) is 5.91 Å². The second-order valence-corrected chi connectivity index (χ2v) is 6.43. The second-order valence-electron chi connectivity index (χ2n) is 6.43. The molecule has 1 amide bonds. The lowest BCUT2D eigenvalue weighted by Gasteiger charge is -2.29. The van der Waals surface area contributed by atoms with Gasteiger partial charge in [-0.1, -0.05) is 20.3 Å². The Bertz CT molecular complexity index is 259. The summed E-state index contributed by atoms with van der Waals surface area (Å²) in [4.78, 5) is 11.3. The molecule has 1 saturated carbocycles. The van der Waals surface area contributed by atoms with Gasteiger partial charge in [-0.05, 0) is 44.9 Å². The molecule has 3 heteroatoms. The van der Waals surface area contributed by atoms with Crippen LogP contribution < -0.4 is 11.1 Å². The van der Waals surface area contributed by atoms with Crippen LogP contribution in [0.15, 0.2) is 0 Å². The lowest BCUT2D eigenvalue weighted by molar-refractivity contribution is -0.123. The third-order valence-electron chi connectivity index (χ3n) is 3.76. The first-order chi connectivity index (χ1) is 7.23. The van der Waals surface area contributed by atoms with E-state index in [0.717, 1.165) is 12.8 Å². The maximum absolute atomic E-state index is 11.3. The molecule has 1 fully saturated rings. The number of carbonyl (C=O) groups is 1. The SMILES string of the molecule is CC1(C)CCCC(NC(C)(C)C(N)=O)CC1. The zero-order chi connectivity index (χ0) is 12.4. The minimum absolute atomic E-state index is 0.268. The van der Waals surface area contributed by atoms with E-state index in [-0.39, 0.29) is 5.91 Å². The first-order valence-electron chi connectivity index (χ1n) is 6.31. The summed E-state index contributed by atoms with van der Waals surface area (Å²) in [7, 11) is 0. The molecule has 1 rings (SSSR count). The molecule has 1 unspecified atom stereocenters. The molecule has 0 aliphatic heterocycles. The van der Waals surface area contributed by atoms with Crippen molar-refractivity contribution < 1.29 is 4.79 Å². The van der Waals surface area contributed by atoms with Crippen molar-refractivity contribution in [2.24, 2.45) is 11.1 Å². The highest BCUT2D eigenvalue weighted by atomic mass is 16.1. The summed E-state index contributed by atoms with van der Waals surface area (Å²) in [6.45, 7) is 8.39. The minimum atomic E-state index is -0.584. The smallest absolute Gasteiger partial charge is 0.237 e. The zero-order valence-electron chi connectivity index (χ0n) is 11.1. The van der Waals surface area contributed by atoms with Gasteiger partial charge in [-0.2, -0.15) is 0 Å². The summed E-state index contributed by atoms with van der Waals surface area (Å²) >= 11 is 0. The van der Waals surface area contributed by atoms with Crippen molar-refractivity contribution in [1.82, 2.24) is 5.32 Å². The molecule has 0 aromatic heterocycles. The number of hydrogen-bond donors (Lipinski definition) is 2. The van der Waals surface area contributed by atoms with Gasteiger partial charge < -0.3 is 11.1 Å². The van der Waals surface area contributed by atoms with Crippen LogP contribution in [0.2, 0.25) is 0 Å². The summed E-state index contributed by atoms with van der Waals surface area (Å²) in [5.41, 5.74) is 5.25. The Morgan fingerprint density at radius 2 is 1.94 bits per heavy atom. The highest BCUT2D eigenvalue weighted by Crippen LogP contribution is 2.34. The van der Waals surface area contributed by atoms with Crippen LogP contribution in [0.25, 0.3) is 0 Å². The molecule has 1 atom stereocenters. The molecule has 0 aromatic rings. The van der Waals surface area contributed by atoms with Gasteiger partial charge in [-0.3, -0.25) is 4.79 Å². The van der Waals surface area contributed by atoms with Crippen LogP contribution in [0.3, 0.4) is 0 Å². The topological polar surface area (TPSA) is 55.1 Å². The van der Waals surface area contributed by atoms with E-state index < -0.39 is 5.54 Å². The fraction of sp³-hybridized carbons (Fsp3) is 0.923. The quantitative estimate of drug-likeness (QED) is 0.725. The number of nitrogens with two attached hydrogens (primary N) is 1. The van der Waals surface area contributed by atoms with Gasteiger partial charge in [-0.25, -0.2) is 0 Å². The van der Waals surface area contributed by atoms with E-state index in [1.54, 1.807) is 0 Å². The first-order valence-corrected chi connectivity index (χ1v) is 6.31. The summed E-state index contributed by atoms with van der Waals surface area (Å²) in [5.74, 6) is -0.268. The van der Waals surface area contributed by atoms with E-state index in [1.165, 1.54) is 19.3 Å². The molecule has 3 N–H and O–H groups in total. The van der Waals surface area contributed by atoms with Crippen molar-refractivity contribution in [3.05, 3.63) is 0 Å². The van der Waals surface area contributed by atoms with Crippen molar-refractivity contribution in [2.75, 3.05) is 0 Å². The molecule has 1 aliphatic carbocycles. The average Bonchev–Trinajstić information content (AvgIpc) is 2.27. The lowest BCUT2D eigenvalue weighted by atomic mass is 9.85. The van der Waals surface area contributed by atoms with Gasteiger partial charge in [0.25, 0.3) is 0 Å². The lowest BCUT2D eigenvalue weighted by Crippen LogP contribution is -2.54. The second kappa shape index (κ2) is 4.74. The molecule has 0 bridgehead atoms. The molecule has 16 heavy (non-hydrogen) atoms. The monoisotopic (exact) mass is 226 g/mol. The predicted octanol–water partition coefficient (Wildman–Crippen LogP) is 2.20. The van der Waals surface area contributed by atoms with Crippen LogP contribution in [0.5, 0.6) is 0 Å². The van der Waals surface area contributed by atoms with E-state index in [0.29, 0.717) is 11.5 Å². The summed E-state index contributed by atoms with van der Waals surface area (Å²) in [6, 6.07) is 0.435. The summed E-state index contributed by atoms with van der Waals surface area (Å²) in [5, 5.41) is 3.40. The standard InChI is InChI=1S/C13H26N2O/c1-12(2)8-5-6-10(7-9-12)15-13(3,4)11(14)16/h10,15H,5-9H2,1-4H3,(H2,14,16). The fourth-order valence-corrected chi connectivity index (χ4v) is 2.39. The Hall–Kier alpha value is -0.570. The maximum Gasteiger partial charge on any atom is 0.237 e. The zero-order valence-corrected chi connectivity index (χ0v) is 11.1. The molecule has 0 radical (unpaired) electrons. The fourth-order valence-electron chi connectivity index (χ4n) is 2.39. The predicted molar refractivity (Wildman–Crippen MR) is 67.1 cm³/mol. The van der Waals surface area contributed by atoms with Gasteiger partial charge in [0, 0.05) is 6.04 Å². The normalized spacial score (nSPS) is 26.1. The van der Waals surface area contributed by atoms with Crippen molar-refractivity contribution in [1.29, 1.82) is 0 Å². The minimum Gasteiger partial charge on any atom is -0.368 e. The summed E-state index contributed by atoms with van der Waals surface area (Å²) in [6.07, 6.45) is 6.03.